The highest BCUT2D eigenvalue weighted by molar-refractivity contribution is 6.33. The first-order valence-electron chi connectivity index (χ1n) is 6.34. The number of benzene rings is 1. The Labute approximate surface area is 114 Å². The molecule has 2 rings (SSSR count). The van der Waals surface area contributed by atoms with Gasteiger partial charge >= 0.3 is 0 Å². The van der Waals surface area contributed by atoms with E-state index in [0.29, 0.717) is 5.88 Å². The summed E-state index contributed by atoms with van der Waals surface area (Å²) in [4.78, 5) is 2.40. The van der Waals surface area contributed by atoms with Crippen LogP contribution in [0.25, 0.3) is 0 Å². The average molecular weight is 272 g/mol. The lowest BCUT2D eigenvalue weighted by molar-refractivity contribution is 0.530. The molecule has 1 aromatic carbocycles. The first-order chi connectivity index (χ1) is 8.26. The van der Waals surface area contributed by atoms with Crippen LogP contribution in [0.2, 0.25) is 5.02 Å². The summed E-state index contributed by atoms with van der Waals surface area (Å²) in [6.07, 6.45) is 3.86. The van der Waals surface area contributed by atoms with Gasteiger partial charge in [-0.15, -0.1) is 11.6 Å². The largest absolute Gasteiger partial charge is 0.370 e. The highest BCUT2D eigenvalue weighted by atomic mass is 35.5. The van der Waals surface area contributed by atoms with Crippen molar-refractivity contribution in [3.05, 3.63) is 28.8 Å². The summed E-state index contributed by atoms with van der Waals surface area (Å²) >= 11 is 12.3. The molecule has 1 atom stereocenters. The maximum absolute atomic E-state index is 6.31. The minimum Gasteiger partial charge on any atom is -0.370 e. The monoisotopic (exact) mass is 271 g/mol. The number of anilines is 1. The van der Waals surface area contributed by atoms with Crippen LogP contribution in [0.3, 0.4) is 0 Å². The zero-order valence-electron chi connectivity index (χ0n) is 10.3. The van der Waals surface area contributed by atoms with E-state index in [2.05, 4.69) is 17.9 Å². The predicted octanol–water partition coefficient (Wildman–Crippen LogP) is 4.71. The predicted molar refractivity (Wildman–Crippen MR) is 76.2 cm³/mol. The van der Waals surface area contributed by atoms with Crippen molar-refractivity contribution in [2.45, 2.75) is 32.1 Å². The van der Waals surface area contributed by atoms with Gasteiger partial charge < -0.3 is 4.90 Å². The van der Waals surface area contributed by atoms with Crippen LogP contribution in [0, 0.1) is 5.92 Å². The quantitative estimate of drug-likeness (QED) is 0.718. The van der Waals surface area contributed by atoms with E-state index in [1.165, 1.54) is 19.3 Å². The zero-order valence-corrected chi connectivity index (χ0v) is 11.8. The molecule has 0 radical (unpaired) electrons. The van der Waals surface area contributed by atoms with Gasteiger partial charge in [0.1, 0.15) is 0 Å². The number of hydrogen-bond acceptors (Lipinski definition) is 1. The highest BCUT2D eigenvalue weighted by Gasteiger charge is 2.24. The molecule has 1 aliphatic rings. The van der Waals surface area contributed by atoms with E-state index in [9.17, 15) is 0 Å². The average Bonchev–Trinajstić information content (AvgIpc) is 2.77. The molecule has 94 valence electrons. The fraction of sp³-hybridized carbons (Fsp3) is 0.571. The van der Waals surface area contributed by atoms with Crippen molar-refractivity contribution in [3.8, 4) is 0 Å². The summed E-state index contributed by atoms with van der Waals surface area (Å²) in [5, 5.41) is 0.834. The molecule has 3 heteroatoms. The molecule has 0 aliphatic carbocycles. The van der Waals surface area contributed by atoms with E-state index in [4.69, 9.17) is 23.2 Å². The topological polar surface area (TPSA) is 3.24 Å². The molecule has 1 unspecified atom stereocenters. The van der Waals surface area contributed by atoms with Gasteiger partial charge in [-0.3, -0.25) is 0 Å². The van der Waals surface area contributed by atoms with Crippen LogP contribution in [0.1, 0.15) is 31.7 Å². The van der Waals surface area contributed by atoms with Crippen LogP contribution < -0.4 is 4.90 Å². The van der Waals surface area contributed by atoms with Crippen molar-refractivity contribution in [3.63, 3.8) is 0 Å². The Bertz CT molecular complexity index is 378. The lowest BCUT2D eigenvalue weighted by Crippen LogP contribution is -2.21. The number of hydrogen-bond donors (Lipinski definition) is 0. The van der Waals surface area contributed by atoms with E-state index < -0.39 is 0 Å². The second kappa shape index (κ2) is 5.97. The van der Waals surface area contributed by atoms with Gasteiger partial charge in [0.2, 0.25) is 0 Å². The number of rotatable bonds is 4. The molecule has 1 aromatic rings. The smallest absolute Gasteiger partial charge is 0.0642 e. The zero-order chi connectivity index (χ0) is 12.3. The molecule has 0 N–H and O–H groups in total. The van der Waals surface area contributed by atoms with Crippen molar-refractivity contribution in [2.24, 2.45) is 5.92 Å². The van der Waals surface area contributed by atoms with Gasteiger partial charge in [0.15, 0.2) is 0 Å². The van der Waals surface area contributed by atoms with Crippen LogP contribution in [0.4, 0.5) is 5.69 Å². The summed E-state index contributed by atoms with van der Waals surface area (Å²) in [6, 6.07) is 6.00. The molecular formula is C14H19Cl2N. The summed E-state index contributed by atoms with van der Waals surface area (Å²) in [7, 11) is 0. The van der Waals surface area contributed by atoms with Crippen molar-refractivity contribution in [1.29, 1.82) is 0 Å². The summed E-state index contributed by atoms with van der Waals surface area (Å²) in [6.45, 7) is 4.49. The molecular weight excluding hydrogens is 253 g/mol. The Balaban J connectivity index is 2.18. The molecule has 1 fully saturated rings. The van der Waals surface area contributed by atoms with Gasteiger partial charge in [0.05, 0.1) is 10.7 Å². The third kappa shape index (κ3) is 2.89. The van der Waals surface area contributed by atoms with E-state index in [-0.39, 0.29) is 0 Å². The number of halogens is 2. The summed E-state index contributed by atoms with van der Waals surface area (Å²) in [5.41, 5.74) is 2.30. The van der Waals surface area contributed by atoms with Gasteiger partial charge in [0, 0.05) is 19.0 Å². The van der Waals surface area contributed by atoms with E-state index in [0.717, 1.165) is 35.3 Å². The van der Waals surface area contributed by atoms with Gasteiger partial charge in [-0.1, -0.05) is 37.1 Å². The van der Waals surface area contributed by atoms with Gasteiger partial charge in [0.25, 0.3) is 0 Å². The first-order valence-corrected chi connectivity index (χ1v) is 7.25. The molecule has 1 heterocycles. The maximum Gasteiger partial charge on any atom is 0.0642 e. The SMILES string of the molecule is CCCC1CCN(c2c(Cl)cccc2CCl)C1. The lowest BCUT2D eigenvalue weighted by atomic mass is 10.0. The van der Waals surface area contributed by atoms with Crippen LogP contribution in [0.5, 0.6) is 0 Å². The lowest BCUT2D eigenvalue weighted by Gasteiger charge is -2.22. The molecule has 0 bridgehead atoms. The minimum atomic E-state index is 0.533. The standard InChI is InChI=1S/C14H19Cl2N/c1-2-4-11-7-8-17(10-11)14-12(9-15)5-3-6-13(14)16/h3,5-6,11H,2,4,7-10H2,1H3. The minimum absolute atomic E-state index is 0.533. The van der Waals surface area contributed by atoms with E-state index in [1.54, 1.807) is 0 Å². The molecule has 1 saturated heterocycles. The number of para-hydroxylation sites is 1. The fourth-order valence-corrected chi connectivity index (χ4v) is 3.23. The van der Waals surface area contributed by atoms with Crippen LogP contribution in [-0.4, -0.2) is 13.1 Å². The van der Waals surface area contributed by atoms with Gasteiger partial charge in [-0.25, -0.2) is 0 Å². The second-order valence-electron chi connectivity index (χ2n) is 4.77. The van der Waals surface area contributed by atoms with Gasteiger partial charge in [-0.2, -0.15) is 0 Å². The second-order valence-corrected chi connectivity index (χ2v) is 5.45. The Kier molecular flexibility index (Phi) is 4.58. The van der Waals surface area contributed by atoms with E-state index >= 15 is 0 Å². The van der Waals surface area contributed by atoms with Crippen LogP contribution in [0.15, 0.2) is 18.2 Å². The summed E-state index contributed by atoms with van der Waals surface area (Å²) < 4.78 is 0. The van der Waals surface area contributed by atoms with Gasteiger partial charge in [-0.05, 0) is 30.4 Å². The maximum atomic E-state index is 6.31. The van der Waals surface area contributed by atoms with Crippen molar-refractivity contribution in [2.75, 3.05) is 18.0 Å². The van der Waals surface area contributed by atoms with Crippen molar-refractivity contribution >= 4 is 28.9 Å². The molecule has 17 heavy (non-hydrogen) atoms. The van der Waals surface area contributed by atoms with Crippen molar-refractivity contribution in [1.82, 2.24) is 0 Å². The number of nitrogens with zero attached hydrogens (tertiary/aromatic N) is 1. The third-order valence-corrected chi connectivity index (χ3v) is 4.11. The Morgan fingerprint density at radius 3 is 2.94 bits per heavy atom. The third-order valence-electron chi connectivity index (χ3n) is 3.51. The molecule has 1 aliphatic heterocycles. The van der Waals surface area contributed by atoms with Crippen LogP contribution in [-0.2, 0) is 5.88 Å². The first kappa shape index (κ1) is 13.0. The molecule has 1 nitrogen and oxygen atoms in total. The molecule has 0 saturated carbocycles. The fourth-order valence-electron chi connectivity index (χ4n) is 2.70. The normalized spacial score (nSPS) is 19.9. The Morgan fingerprint density at radius 1 is 1.41 bits per heavy atom. The Hall–Kier alpha value is -0.400. The molecule has 0 amide bonds. The number of alkyl halides is 1. The van der Waals surface area contributed by atoms with Crippen molar-refractivity contribution < 1.29 is 0 Å². The van der Waals surface area contributed by atoms with Crippen LogP contribution >= 0.6 is 23.2 Å². The molecule has 0 aromatic heterocycles. The Morgan fingerprint density at radius 2 is 2.24 bits per heavy atom. The summed E-state index contributed by atoms with van der Waals surface area (Å²) in [5.74, 6) is 1.35. The molecule has 0 spiro atoms. The highest BCUT2D eigenvalue weighted by Crippen LogP contribution is 2.35. The van der Waals surface area contributed by atoms with E-state index in [1.807, 2.05) is 12.1 Å².